The van der Waals surface area contributed by atoms with Gasteiger partial charge in [-0.05, 0) is 51.2 Å². The van der Waals surface area contributed by atoms with Crippen LogP contribution in [0.5, 0.6) is 0 Å². The molecular weight excluding hydrogens is 310 g/mol. The maximum atomic E-state index is 11.5. The molecule has 2 N–H and O–H groups in total. The van der Waals surface area contributed by atoms with Crippen LogP contribution in [-0.2, 0) is 0 Å². The average molecular weight is 331 g/mol. The first-order chi connectivity index (χ1) is 11.5. The minimum atomic E-state index is -0.373. The number of nitrogens with zero attached hydrogens (tertiary/aromatic N) is 2. The molecule has 7 nitrogen and oxygen atoms in total. The molecule has 0 amide bonds. The van der Waals surface area contributed by atoms with Gasteiger partial charge in [-0.15, -0.1) is 0 Å². The molecule has 1 aliphatic rings. The van der Waals surface area contributed by atoms with E-state index in [1.807, 2.05) is 13.0 Å². The first-order valence-corrected chi connectivity index (χ1v) is 8.12. The van der Waals surface area contributed by atoms with Crippen LogP contribution in [-0.4, -0.2) is 27.3 Å². The number of nitrogens with one attached hydrogen (secondary N) is 1. The molecule has 1 heterocycles. The molecule has 1 aromatic carbocycles. The summed E-state index contributed by atoms with van der Waals surface area (Å²) in [6.45, 7) is 3.61. The van der Waals surface area contributed by atoms with Crippen molar-refractivity contribution < 1.29 is 14.6 Å². The zero-order chi connectivity index (χ0) is 17.3. The second kappa shape index (κ2) is 6.60. The number of aryl methyl sites for hydroxylation is 2. The number of hydrogen-bond acceptors (Lipinski definition) is 6. The van der Waals surface area contributed by atoms with Gasteiger partial charge in [0, 0.05) is 17.7 Å². The lowest BCUT2D eigenvalue weighted by atomic mass is 9.93. The Morgan fingerprint density at radius 1 is 1.29 bits per heavy atom. The maximum absolute atomic E-state index is 11.5. The number of anilines is 1. The molecule has 1 aliphatic carbocycles. The summed E-state index contributed by atoms with van der Waals surface area (Å²) in [6, 6.07) is 5.30. The Bertz CT molecular complexity index is 729. The highest BCUT2D eigenvalue weighted by Gasteiger charge is 2.23. The Hall–Kier alpha value is -2.41. The van der Waals surface area contributed by atoms with Crippen LogP contribution in [0.1, 0.15) is 37.1 Å². The molecule has 2 aromatic rings. The molecule has 0 bridgehead atoms. The van der Waals surface area contributed by atoms with E-state index >= 15 is 0 Å². The van der Waals surface area contributed by atoms with Gasteiger partial charge < -0.3 is 14.9 Å². The molecule has 0 aliphatic heterocycles. The summed E-state index contributed by atoms with van der Waals surface area (Å²) in [5.41, 5.74) is 2.78. The van der Waals surface area contributed by atoms with Gasteiger partial charge in [0.05, 0.1) is 16.7 Å². The van der Waals surface area contributed by atoms with Gasteiger partial charge in [0.25, 0.3) is 5.69 Å². The molecule has 0 radical (unpaired) electrons. The molecular formula is C17H21N3O4. The Balaban J connectivity index is 1.89. The molecule has 1 saturated carbocycles. The number of aliphatic hydroxyl groups excluding tert-OH is 1. The largest absolute Gasteiger partial charge is 0.393 e. The molecule has 128 valence electrons. The van der Waals surface area contributed by atoms with Gasteiger partial charge in [-0.2, -0.15) is 0 Å². The normalized spacial score (nSPS) is 20.8. The minimum absolute atomic E-state index is 0.0404. The predicted molar refractivity (Wildman–Crippen MR) is 90.0 cm³/mol. The minimum Gasteiger partial charge on any atom is -0.393 e. The second-order valence-corrected chi connectivity index (χ2v) is 6.34. The van der Waals surface area contributed by atoms with Crippen molar-refractivity contribution in [2.45, 2.75) is 51.7 Å². The summed E-state index contributed by atoms with van der Waals surface area (Å²) in [7, 11) is 0. The molecule has 3 rings (SSSR count). The second-order valence-electron chi connectivity index (χ2n) is 6.34. The molecule has 24 heavy (non-hydrogen) atoms. The standard InChI is InChI=1S/C17H21N3O4/c1-10-17(11(2)24-19-10)12-3-8-15(16(9-12)20(22)23)18-13-4-6-14(21)7-5-13/h3,8-9,13-14,18,21H,4-7H2,1-2H3/t13-,14-. The predicted octanol–water partition coefficient (Wildman–Crippen LogP) is 3.58. The van der Waals surface area contributed by atoms with Crippen molar-refractivity contribution >= 4 is 11.4 Å². The molecule has 0 atom stereocenters. The smallest absolute Gasteiger partial charge is 0.292 e. The van der Waals surface area contributed by atoms with Crippen molar-refractivity contribution in [1.29, 1.82) is 0 Å². The third-order valence-corrected chi connectivity index (χ3v) is 4.57. The summed E-state index contributed by atoms with van der Waals surface area (Å²) in [5, 5.41) is 28.2. The number of rotatable bonds is 4. The van der Waals surface area contributed by atoms with E-state index in [-0.39, 0.29) is 22.8 Å². The Labute approximate surface area is 139 Å². The summed E-state index contributed by atoms with van der Waals surface area (Å²) in [6.07, 6.45) is 2.82. The van der Waals surface area contributed by atoms with Gasteiger partial charge in [-0.25, -0.2) is 0 Å². The molecule has 1 aromatic heterocycles. The van der Waals surface area contributed by atoms with Gasteiger partial charge in [0.15, 0.2) is 0 Å². The lowest BCUT2D eigenvalue weighted by molar-refractivity contribution is -0.383. The van der Waals surface area contributed by atoms with Crippen molar-refractivity contribution in [2.75, 3.05) is 5.32 Å². The SMILES string of the molecule is Cc1noc(C)c1-c1ccc(N[C@H]2CC[C@H](O)CC2)c([N+](=O)[O-])c1. The van der Waals surface area contributed by atoms with Crippen LogP contribution < -0.4 is 5.32 Å². The van der Waals surface area contributed by atoms with Crippen molar-refractivity contribution in [1.82, 2.24) is 5.16 Å². The average Bonchev–Trinajstić information content (AvgIpc) is 2.89. The van der Waals surface area contributed by atoms with Crippen molar-refractivity contribution in [3.63, 3.8) is 0 Å². The number of aliphatic hydroxyl groups is 1. The van der Waals surface area contributed by atoms with Crippen LogP contribution >= 0.6 is 0 Å². The Morgan fingerprint density at radius 2 is 2.00 bits per heavy atom. The number of nitro groups is 1. The van der Waals surface area contributed by atoms with Gasteiger partial charge in [0.1, 0.15) is 11.4 Å². The molecule has 0 unspecified atom stereocenters. The first-order valence-electron chi connectivity index (χ1n) is 8.12. The van der Waals surface area contributed by atoms with E-state index < -0.39 is 0 Å². The fourth-order valence-corrected chi connectivity index (χ4v) is 3.30. The zero-order valence-corrected chi connectivity index (χ0v) is 13.8. The number of aromatic nitrogens is 1. The monoisotopic (exact) mass is 331 g/mol. The Kier molecular flexibility index (Phi) is 4.53. The summed E-state index contributed by atoms with van der Waals surface area (Å²) >= 11 is 0. The molecule has 0 saturated heterocycles. The lowest BCUT2D eigenvalue weighted by Crippen LogP contribution is -2.28. The van der Waals surface area contributed by atoms with Crippen LogP contribution in [0.3, 0.4) is 0 Å². The van der Waals surface area contributed by atoms with E-state index in [1.54, 1.807) is 19.1 Å². The van der Waals surface area contributed by atoms with E-state index in [1.165, 1.54) is 0 Å². The third kappa shape index (κ3) is 3.26. The highest BCUT2D eigenvalue weighted by atomic mass is 16.6. The van der Waals surface area contributed by atoms with Gasteiger partial charge in [0.2, 0.25) is 0 Å². The molecule has 1 fully saturated rings. The van der Waals surface area contributed by atoms with Gasteiger partial charge in [-0.1, -0.05) is 11.2 Å². The third-order valence-electron chi connectivity index (χ3n) is 4.57. The van der Waals surface area contributed by atoms with Crippen molar-refractivity contribution in [2.24, 2.45) is 0 Å². The number of benzene rings is 1. The summed E-state index contributed by atoms with van der Waals surface area (Å²) in [5.74, 6) is 0.642. The highest BCUT2D eigenvalue weighted by Crippen LogP contribution is 2.35. The maximum Gasteiger partial charge on any atom is 0.292 e. The van der Waals surface area contributed by atoms with Gasteiger partial charge >= 0.3 is 0 Å². The fourth-order valence-electron chi connectivity index (χ4n) is 3.30. The zero-order valence-electron chi connectivity index (χ0n) is 13.8. The van der Waals surface area contributed by atoms with Crippen molar-refractivity contribution in [3.05, 3.63) is 39.8 Å². The van der Waals surface area contributed by atoms with E-state index in [0.29, 0.717) is 17.1 Å². The van der Waals surface area contributed by atoms with Crippen LogP contribution in [0, 0.1) is 24.0 Å². The molecule has 0 spiro atoms. The van der Waals surface area contributed by atoms with Crippen LogP contribution in [0.2, 0.25) is 0 Å². The number of nitro benzene ring substituents is 1. The van der Waals surface area contributed by atoms with Crippen LogP contribution in [0.25, 0.3) is 11.1 Å². The van der Waals surface area contributed by atoms with Crippen LogP contribution in [0.15, 0.2) is 22.7 Å². The topological polar surface area (TPSA) is 101 Å². The lowest BCUT2D eigenvalue weighted by Gasteiger charge is -2.26. The highest BCUT2D eigenvalue weighted by molar-refractivity contribution is 5.75. The van der Waals surface area contributed by atoms with Gasteiger partial charge in [-0.3, -0.25) is 10.1 Å². The van der Waals surface area contributed by atoms with Crippen LogP contribution in [0.4, 0.5) is 11.4 Å². The molecule has 7 heteroatoms. The van der Waals surface area contributed by atoms with E-state index in [4.69, 9.17) is 4.52 Å². The summed E-state index contributed by atoms with van der Waals surface area (Å²) in [4.78, 5) is 11.1. The quantitative estimate of drug-likeness (QED) is 0.656. The number of hydrogen-bond donors (Lipinski definition) is 2. The fraction of sp³-hybridized carbons (Fsp3) is 0.471. The van der Waals surface area contributed by atoms with E-state index in [2.05, 4.69) is 10.5 Å². The van der Waals surface area contributed by atoms with E-state index in [9.17, 15) is 15.2 Å². The van der Waals surface area contributed by atoms with Crippen molar-refractivity contribution in [3.8, 4) is 11.1 Å². The van der Waals surface area contributed by atoms with E-state index in [0.717, 1.165) is 36.8 Å². The first kappa shape index (κ1) is 16.4. The Morgan fingerprint density at radius 3 is 2.58 bits per heavy atom. The summed E-state index contributed by atoms with van der Waals surface area (Å²) < 4.78 is 5.15.